The second-order valence-electron chi connectivity index (χ2n) is 5.55. The summed E-state index contributed by atoms with van der Waals surface area (Å²) in [6.45, 7) is 5.21. The molecule has 0 amide bonds. The molecule has 4 bridgehead atoms. The van der Waals surface area contributed by atoms with Crippen LogP contribution in [-0.4, -0.2) is 15.4 Å². The Morgan fingerprint density at radius 2 is 2.07 bits per heavy atom. The largest absolute Gasteiger partial charge is 0.356 e. The third kappa shape index (κ3) is 0.723. The summed E-state index contributed by atoms with van der Waals surface area (Å²) >= 11 is 7.43. The van der Waals surface area contributed by atoms with Crippen molar-refractivity contribution in [1.82, 2.24) is 0 Å². The maximum Gasteiger partial charge on any atom is 0.185 e. The average Bonchev–Trinajstić information content (AvgIpc) is 2.56. The van der Waals surface area contributed by atoms with E-state index in [2.05, 4.69) is 51.8 Å². The molecular formula is C11H13Br2NO. The van der Waals surface area contributed by atoms with E-state index < -0.39 is 5.60 Å². The van der Waals surface area contributed by atoms with E-state index in [0.29, 0.717) is 5.92 Å². The van der Waals surface area contributed by atoms with E-state index in [4.69, 9.17) is 4.74 Å². The van der Waals surface area contributed by atoms with Gasteiger partial charge in [0.2, 0.25) is 0 Å². The first-order chi connectivity index (χ1) is 6.86. The molecule has 2 saturated carbocycles. The Morgan fingerprint density at radius 1 is 1.40 bits per heavy atom. The van der Waals surface area contributed by atoms with Crippen molar-refractivity contribution in [2.45, 2.75) is 35.5 Å². The third-order valence-electron chi connectivity index (χ3n) is 5.39. The lowest BCUT2D eigenvalue weighted by molar-refractivity contribution is -0.0411. The molecule has 0 unspecified atom stereocenters. The van der Waals surface area contributed by atoms with Gasteiger partial charge in [0.1, 0.15) is 9.30 Å². The number of rotatable bonds is 0. The van der Waals surface area contributed by atoms with E-state index in [1.165, 1.54) is 6.42 Å². The number of halogens is 2. The molecule has 2 aliphatic carbocycles. The van der Waals surface area contributed by atoms with Crippen molar-refractivity contribution in [3.63, 3.8) is 0 Å². The van der Waals surface area contributed by atoms with Gasteiger partial charge in [-0.2, -0.15) is 5.26 Å². The number of alkyl halides is 2. The molecule has 0 aromatic rings. The summed E-state index contributed by atoms with van der Waals surface area (Å²) in [5, 5.41) is 9.55. The quantitative estimate of drug-likeness (QED) is 0.637. The Labute approximate surface area is 107 Å². The van der Waals surface area contributed by atoms with Crippen LogP contribution in [0.2, 0.25) is 0 Å². The highest BCUT2D eigenvalue weighted by Crippen LogP contribution is 2.81. The van der Waals surface area contributed by atoms with E-state index in [-0.39, 0.29) is 14.1 Å². The van der Waals surface area contributed by atoms with Crippen molar-refractivity contribution in [3.05, 3.63) is 0 Å². The van der Waals surface area contributed by atoms with Crippen LogP contribution >= 0.6 is 31.9 Å². The van der Waals surface area contributed by atoms with Crippen LogP contribution in [0.5, 0.6) is 0 Å². The fourth-order valence-corrected chi connectivity index (χ4v) is 6.95. The first-order valence-corrected chi connectivity index (χ1v) is 6.87. The Kier molecular flexibility index (Phi) is 1.74. The van der Waals surface area contributed by atoms with Crippen LogP contribution in [0.1, 0.15) is 26.7 Å². The van der Waals surface area contributed by atoms with E-state index >= 15 is 0 Å². The highest BCUT2D eigenvalue weighted by Gasteiger charge is 2.85. The molecule has 0 radical (unpaired) electrons. The van der Waals surface area contributed by atoms with E-state index in [9.17, 15) is 5.26 Å². The smallest absolute Gasteiger partial charge is 0.185 e. The van der Waals surface area contributed by atoms with Gasteiger partial charge in [0.15, 0.2) is 5.60 Å². The van der Waals surface area contributed by atoms with Gasteiger partial charge >= 0.3 is 0 Å². The van der Waals surface area contributed by atoms with Crippen molar-refractivity contribution in [1.29, 1.82) is 5.26 Å². The van der Waals surface area contributed by atoms with Gasteiger partial charge in [0.25, 0.3) is 0 Å². The highest BCUT2D eigenvalue weighted by molar-refractivity contribution is 9.25. The monoisotopic (exact) mass is 333 g/mol. The molecule has 3 fully saturated rings. The number of nitrogens with zero attached hydrogens (tertiary/aromatic N) is 1. The molecule has 0 aromatic heterocycles. The van der Waals surface area contributed by atoms with Gasteiger partial charge in [-0.05, 0) is 18.8 Å². The molecule has 3 rings (SSSR count). The Hall–Kier alpha value is 0.410. The van der Waals surface area contributed by atoms with Gasteiger partial charge in [-0.25, -0.2) is 0 Å². The summed E-state index contributed by atoms with van der Waals surface area (Å²) in [6.07, 6.45) is 2.27. The fraction of sp³-hybridized carbons (Fsp3) is 0.909. The lowest BCUT2D eigenvalue weighted by Crippen LogP contribution is -2.54. The van der Waals surface area contributed by atoms with Gasteiger partial charge < -0.3 is 4.74 Å². The van der Waals surface area contributed by atoms with Crippen LogP contribution in [0, 0.1) is 28.1 Å². The first kappa shape index (κ1) is 10.6. The van der Waals surface area contributed by atoms with Crippen LogP contribution in [0.4, 0.5) is 0 Å². The maximum absolute atomic E-state index is 9.55. The minimum Gasteiger partial charge on any atom is -0.356 e. The summed E-state index contributed by atoms with van der Waals surface area (Å²) in [5.74, 6) is 0.489. The molecular weight excluding hydrogens is 322 g/mol. The standard InChI is InChI=1S/C11H13Br2NO/c1-8-6-15-10(5-14)9(8,2)4-3-7(8)11(10,12)13/h7H,3-4,6H2,1-2H3/t7-,8+,9-,10+/m1/s1. The summed E-state index contributed by atoms with van der Waals surface area (Å²) in [7, 11) is 0. The van der Waals surface area contributed by atoms with E-state index in [0.717, 1.165) is 13.0 Å². The minimum atomic E-state index is -0.697. The van der Waals surface area contributed by atoms with Crippen molar-refractivity contribution < 1.29 is 4.74 Å². The number of hydrogen-bond acceptors (Lipinski definition) is 2. The predicted octanol–water partition coefficient (Wildman–Crippen LogP) is 3.20. The predicted molar refractivity (Wildman–Crippen MR) is 63.8 cm³/mol. The lowest BCUT2D eigenvalue weighted by atomic mass is 9.67. The van der Waals surface area contributed by atoms with Crippen LogP contribution in [0.15, 0.2) is 0 Å². The van der Waals surface area contributed by atoms with Crippen molar-refractivity contribution in [3.8, 4) is 6.07 Å². The van der Waals surface area contributed by atoms with Gasteiger partial charge in [-0.3, -0.25) is 0 Å². The molecule has 4 heteroatoms. The molecule has 82 valence electrons. The van der Waals surface area contributed by atoms with Crippen LogP contribution in [0.3, 0.4) is 0 Å². The second-order valence-corrected chi connectivity index (χ2v) is 9.11. The Balaban J connectivity index is 2.30. The molecule has 2 nitrogen and oxygen atoms in total. The zero-order chi connectivity index (χ0) is 11.1. The van der Waals surface area contributed by atoms with Gasteiger partial charge in [0, 0.05) is 10.8 Å². The summed E-state index contributed by atoms with van der Waals surface area (Å²) in [5.41, 5.74) is -0.584. The topological polar surface area (TPSA) is 33.0 Å². The SMILES string of the molecule is C[C@]12CC[C@H]3C(Br)(Br)[C@@]1(C#N)OC[C@@]32C. The molecule has 0 N–H and O–H groups in total. The third-order valence-corrected chi connectivity index (χ3v) is 7.61. The second kappa shape index (κ2) is 2.47. The van der Waals surface area contributed by atoms with Crippen molar-refractivity contribution in [2.24, 2.45) is 16.7 Å². The van der Waals surface area contributed by atoms with Crippen LogP contribution in [-0.2, 0) is 4.74 Å². The molecule has 15 heavy (non-hydrogen) atoms. The number of hydrogen-bond donors (Lipinski definition) is 0. The van der Waals surface area contributed by atoms with Crippen LogP contribution < -0.4 is 0 Å². The Morgan fingerprint density at radius 3 is 2.47 bits per heavy atom. The summed E-state index contributed by atoms with van der Waals surface area (Å²) in [4.78, 5) is 0. The first-order valence-electron chi connectivity index (χ1n) is 5.29. The van der Waals surface area contributed by atoms with E-state index in [1.54, 1.807) is 0 Å². The molecule has 1 heterocycles. The summed E-state index contributed by atoms with van der Waals surface area (Å²) < 4.78 is 5.53. The minimum absolute atomic E-state index is 0.0214. The van der Waals surface area contributed by atoms with Gasteiger partial charge in [0.05, 0.1) is 6.61 Å². The summed E-state index contributed by atoms with van der Waals surface area (Å²) in [6, 6.07) is 2.44. The number of nitriles is 1. The molecule has 4 atom stereocenters. The molecule has 3 aliphatic rings. The van der Waals surface area contributed by atoms with E-state index in [1.807, 2.05) is 0 Å². The highest BCUT2D eigenvalue weighted by atomic mass is 79.9. The molecule has 0 spiro atoms. The van der Waals surface area contributed by atoms with Crippen molar-refractivity contribution >= 4 is 31.9 Å². The lowest BCUT2D eigenvalue weighted by Gasteiger charge is -2.44. The van der Waals surface area contributed by atoms with Gasteiger partial charge in [-0.15, -0.1) is 0 Å². The molecule has 0 aromatic carbocycles. The molecule has 1 aliphatic heterocycles. The number of ether oxygens (including phenoxy) is 1. The Bertz CT molecular complexity index is 391. The fourth-order valence-electron chi connectivity index (χ4n) is 4.20. The average molecular weight is 335 g/mol. The zero-order valence-electron chi connectivity index (χ0n) is 8.81. The van der Waals surface area contributed by atoms with Gasteiger partial charge in [-0.1, -0.05) is 45.7 Å². The maximum atomic E-state index is 9.55. The molecule has 1 saturated heterocycles. The normalized spacial score (nSPS) is 59.5. The zero-order valence-corrected chi connectivity index (χ0v) is 12.0. The van der Waals surface area contributed by atoms with Crippen LogP contribution in [0.25, 0.3) is 0 Å². The van der Waals surface area contributed by atoms with Crippen molar-refractivity contribution in [2.75, 3.05) is 6.61 Å².